The monoisotopic (exact) mass is 406 g/mol. The summed E-state index contributed by atoms with van der Waals surface area (Å²) in [6.07, 6.45) is 4.17. The molecule has 2 aromatic rings. The maximum atomic E-state index is 12.7. The van der Waals surface area contributed by atoms with E-state index in [0.717, 1.165) is 11.3 Å². The molecule has 8 nitrogen and oxygen atoms in total. The first kappa shape index (κ1) is 20.3. The second-order valence-electron chi connectivity index (χ2n) is 7.07. The molecule has 1 amide bonds. The van der Waals surface area contributed by atoms with Crippen LogP contribution in [0.25, 0.3) is 0 Å². The van der Waals surface area contributed by atoms with Crippen molar-refractivity contribution in [3.05, 3.63) is 47.3 Å². The molecule has 1 aromatic carbocycles. The zero-order valence-electron chi connectivity index (χ0n) is 16.4. The van der Waals surface area contributed by atoms with Crippen LogP contribution in [0.3, 0.4) is 0 Å². The number of aryl methyl sites for hydroxylation is 2. The summed E-state index contributed by atoms with van der Waals surface area (Å²) in [5.41, 5.74) is 2.31. The lowest BCUT2D eigenvalue weighted by Gasteiger charge is -2.30. The van der Waals surface area contributed by atoms with Gasteiger partial charge in [-0.3, -0.25) is 9.48 Å². The second kappa shape index (κ2) is 8.32. The molecule has 0 atom stereocenters. The van der Waals surface area contributed by atoms with Crippen molar-refractivity contribution in [2.24, 2.45) is 7.05 Å². The molecule has 1 aliphatic rings. The molecule has 1 saturated heterocycles. The molecule has 1 fully saturated rings. The van der Waals surface area contributed by atoms with Crippen LogP contribution in [0.15, 0.2) is 30.5 Å². The predicted octanol–water partition coefficient (Wildman–Crippen LogP) is 1.46. The molecule has 1 aliphatic heterocycles. The lowest BCUT2D eigenvalue weighted by molar-refractivity contribution is 0.0936. The van der Waals surface area contributed by atoms with Crippen molar-refractivity contribution in [2.75, 3.05) is 19.3 Å². The van der Waals surface area contributed by atoms with Crippen LogP contribution in [-0.4, -0.2) is 53.9 Å². The van der Waals surface area contributed by atoms with Gasteiger partial charge >= 0.3 is 0 Å². The fourth-order valence-electron chi connectivity index (χ4n) is 3.31. The van der Waals surface area contributed by atoms with E-state index in [9.17, 15) is 13.2 Å². The van der Waals surface area contributed by atoms with E-state index in [1.807, 2.05) is 26.2 Å². The number of carbonyl (C=O) groups excluding carboxylic acids is 1. The highest BCUT2D eigenvalue weighted by Gasteiger charge is 2.26. The molecule has 0 bridgehead atoms. The van der Waals surface area contributed by atoms with Crippen LogP contribution in [0.5, 0.6) is 5.75 Å². The Labute approximate surface area is 165 Å². The number of rotatable bonds is 6. The highest BCUT2D eigenvalue weighted by Crippen LogP contribution is 2.24. The van der Waals surface area contributed by atoms with E-state index in [1.54, 1.807) is 22.9 Å². The van der Waals surface area contributed by atoms with E-state index in [1.165, 1.54) is 10.6 Å². The van der Waals surface area contributed by atoms with Crippen LogP contribution < -0.4 is 10.1 Å². The first-order valence-electron chi connectivity index (χ1n) is 9.22. The third-order valence-electron chi connectivity index (χ3n) is 4.85. The highest BCUT2D eigenvalue weighted by atomic mass is 32.2. The number of hydrogen-bond acceptors (Lipinski definition) is 5. The second-order valence-corrected chi connectivity index (χ2v) is 9.05. The Morgan fingerprint density at radius 3 is 2.57 bits per heavy atom. The van der Waals surface area contributed by atoms with Gasteiger partial charge in [0.05, 0.1) is 17.5 Å². The molecule has 28 heavy (non-hydrogen) atoms. The molecule has 0 saturated carbocycles. The van der Waals surface area contributed by atoms with Gasteiger partial charge in [-0.25, -0.2) is 12.7 Å². The van der Waals surface area contributed by atoms with Crippen molar-refractivity contribution in [1.29, 1.82) is 0 Å². The molecular weight excluding hydrogens is 380 g/mol. The third-order valence-corrected chi connectivity index (χ3v) is 6.15. The van der Waals surface area contributed by atoms with Crippen molar-refractivity contribution in [1.82, 2.24) is 19.4 Å². The fourth-order valence-corrected chi connectivity index (χ4v) is 4.19. The minimum absolute atomic E-state index is 0.118. The van der Waals surface area contributed by atoms with E-state index >= 15 is 0 Å². The van der Waals surface area contributed by atoms with Crippen molar-refractivity contribution in [3.8, 4) is 5.75 Å². The fraction of sp³-hybridized carbons (Fsp3) is 0.474. The van der Waals surface area contributed by atoms with E-state index < -0.39 is 10.0 Å². The van der Waals surface area contributed by atoms with E-state index in [0.29, 0.717) is 43.8 Å². The van der Waals surface area contributed by atoms with Crippen molar-refractivity contribution in [3.63, 3.8) is 0 Å². The predicted molar refractivity (Wildman–Crippen MR) is 106 cm³/mol. The normalized spacial score (nSPS) is 16.1. The summed E-state index contributed by atoms with van der Waals surface area (Å²) >= 11 is 0. The smallest absolute Gasteiger partial charge is 0.255 e. The van der Waals surface area contributed by atoms with Gasteiger partial charge in [-0.15, -0.1) is 0 Å². The molecular formula is C19H26N4O4S. The number of carbonyl (C=O) groups is 1. The summed E-state index contributed by atoms with van der Waals surface area (Å²) < 4.78 is 32.5. The Morgan fingerprint density at radius 2 is 1.96 bits per heavy atom. The molecule has 0 radical (unpaired) electrons. The number of benzene rings is 1. The van der Waals surface area contributed by atoms with Gasteiger partial charge < -0.3 is 10.1 Å². The summed E-state index contributed by atoms with van der Waals surface area (Å²) in [5.74, 6) is 0.299. The summed E-state index contributed by atoms with van der Waals surface area (Å²) in [6.45, 7) is 3.15. The standard InChI is InChI=1S/C19H26N4O4S/c1-14-15(13-22(2)21-14)12-20-19(24)17-6-4-5-7-18(17)27-16-8-10-23(11-9-16)28(3,25)26/h4-7,13,16H,8-12H2,1-3H3,(H,20,24). The first-order chi connectivity index (χ1) is 13.2. The zero-order chi connectivity index (χ0) is 20.3. The minimum Gasteiger partial charge on any atom is -0.489 e. The Morgan fingerprint density at radius 1 is 1.29 bits per heavy atom. The molecule has 3 rings (SSSR count). The summed E-state index contributed by atoms with van der Waals surface area (Å²) in [7, 11) is -1.33. The lowest BCUT2D eigenvalue weighted by Crippen LogP contribution is -2.41. The maximum Gasteiger partial charge on any atom is 0.255 e. The zero-order valence-corrected chi connectivity index (χ0v) is 17.2. The number of hydrogen-bond donors (Lipinski definition) is 1. The van der Waals surface area contributed by atoms with Gasteiger partial charge in [0.2, 0.25) is 10.0 Å². The number of ether oxygens (including phenoxy) is 1. The number of aromatic nitrogens is 2. The number of amides is 1. The van der Waals surface area contributed by atoms with Gasteiger partial charge in [0.15, 0.2) is 0 Å². The van der Waals surface area contributed by atoms with Crippen LogP contribution in [0, 0.1) is 6.92 Å². The third kappa shape index (κ3) is 4.90. The van der Waals surface area contributed by atoms with E-state index in [-0.39, 0.29) is 12.0 Å². The molecule has 1 aromatic heterocycles. The first-order valence-corrected chi connectivity index (χ1v) is 11.1. The van der Waals surface area contributed by atoms with Crippen LogP contribution in [-0.2, 0) is 23.6 Å². The molecule has 152 valence electrons. The van der Waals surface area contributed by atoms with E-state index in [4.69, 9.17) is 4.74 Å². The van der Waals surface area contributed by atoms with Gasteiger partial charge in [0.1, 0.15) is 11.9 Å². The van der Waals surface area contributed by atoms with Crippen LogP contribution in [0.2, 0.25) is 0 Å². The highest BCUT2D eigenvalue weighted by molar-refractivity contribution is 7.88. The average Bonchev–Trinajstić information content (AvgIpc) is 2.97. The number of para-hydroxylation sites is 1. The molecule has 9 heteroatoms. The Balaban J connectivity index is 1.63. The van der Waals surface area contributed by atoms with Gasteiger partial charge in [-0.2, -0.15) is 5.10 Å². The van der Waals surface area contributed by atoms with Gasteiger partial charge in [-0.05, 0) is 31.9 Å². The van der Waals surface area contributed by atoms with Crippen molar-refractivity contribution < 1.29 is 17.9 Å². The quantitative estimate of drug-likeness (QED) is 0.784. The van der Waals surface area contributed by atoms with Crippen molar-refractivity contribution >= 4 is 15.9 Å². The maximum absolute atomic E-state index is 12.7. The van der Waals surface area contributed by atoms with Gasteiger partial charge in [0, 0.05) is 38.4 Å². The van der Waals surface area contributed by atoms with Gasteiger partial charge in [-0.1, -0.05) is 12.1 Å². The summed E-state index contributed by atoms with van der Waals surface area (Å²) in [5, 5.41) is 7.19. The number of sulfonamides is 1. The lowest BCUT2D eigenvalue weighted by atomic mass is 10.1. The number of nitrogens with one attached hydrogen (secondary N) is 1. The van der Waals surface area contributed by atoms with Crippen LogP contribution in [0.1, 0.15) is 34.5 Å². The Hall–Kier alpha value is -2.39. The Kier molecular flexibility index (Phi) is 6.04. The Bertz CT molecular complexity index is 947. The molecule has 0 aliphatic carbocycles. The summed E-state index contributed by atoms with van der Waals surface area (Å²) in [6, 6.07) is 7.12. The van der Waals surface area contributed by atoms with Crippen molar-refractivity contribution in [2.45, 2.75) is 32.4 Å². The molecule has 0 unspecified atom stereocenters. The number of nitrogens with zero attached hydrogens (tertiary/aromatic N) is 3. The molecule has 0 spiro atoms. The molecule has 2 heterocycles. The van der Waals surface area contributed by atoms with Crippen LogP contribution >= 0.6 is 0 Å². The topological polar surface area (TPSA) is 93.5 Å². The average molecular weight is 407 g/mol. The minimum atomic E-state index is -3.17. The van der Waals surface area contributed by atoms with Crippen LogP contribution in [0.4, 0.5) is 0 Å². The van der Waals surface area contributed by atoms with E-state index in [2.05, 4.69) is 10.4 Å². The number of piperidine rings is 1. The summed E-state index contributed by atoms with van der Waals surface area (Å²) in [4.78, 5) is 12.7. The van der Waals surface area contributed by atoms with Gasteiger partial charge in [0.25, 0.3) is 5.91 Å². The largest absolute Gasteiger partial charge is 0.489 e. The SMILES string of the molecule is Cc1nn(C)cc1CNC(=O)c1ccccc1OC1CCN(S(C)(=O)=O)CC1. The molecule has 1 N–H and O–H groups in total.